The zero-order valence-corrected chi connectivity index (χ0v) is 10.6. The molecule has 1 spiro atoms. The molecule has 2 nitrogen and oxygen atoms in total. The van der Waals surface area contributed by atoms with Gasteiger partial charge in [-0.15, -0.1) is 0 Å². The lowest BCUT2D eigenvalue weighted by molar-refractivity contribution is -0.0733. The minimum absolute atomic E-state index is 0.129. The van der Waals surface area contributed by atoms with Gasteiger partial charge >= 0.3 is 0 Å². The molecular weight excluding hydrogens is 222 g/mol. The van der Waals surface area contributed by atoms with Crippen LogP contribution in [0.3, 0.4) is 0 Å². The Morgan fingerprint density at radius 3 is 3.11 bits per heavy atom. The van der Waals surface area contributed by atoms with E-state index in [0.717, 1.165) is 13.0 Å². The number of ether oxygens (including phenoxy) is 1. The summed E-state index contributed by atoms with van der Waals surface area (Å²) < 4.78 is 6.52. The predicted molar refractivity (Wildman–Crippen MR) is 69.7 cm³/mol. The number of rotatable bonds is 0. The van der Waals surface area contributed by atoms with Crippen molar-refractivity contribution in [1.82, 2.24) is 5.32 Å². The van der Waals surface area contributed by atoms with Gasteiger partial charge in [0.2, 0.25) is 0 Å². The molecule has 3 fully saturated rings. The Morgan fingerprint density at radius 1 is 1.22 bits per heavy atom. The summed E-state index contributed by atoms with van der Waals surface area (Å²) >= 11 is 0. The van der Waals surface area contributed by atoms with Crippen LogP contribution in [0.15, 0.2) is 24.3 Å². The van der Waals surface area contributed by atoms with Crippen LogP contribution in [0.5, 0.6) is 0 Å². The minimum atomic E-state index is 0.129. The van der Waals surface area contributed by atoms with Crippen molar-refractivity contribution in [1.29, 1.82) is 0 Å². The third-order valence-electron chi connectivity index (χ3n) is 6.06. The molecule has 3 aliphatic heterocycles. The van der Waals surface area contributed by atoms with Crippen LogP contribution in [0.25, 0.3) is 0 Å². The van der Waals surface area contributed by atoms with Gasteiger partial charge in [-0.25, -0.2) is 0 Å². The van der Waals surface area contributed by atoms with Crippen LogP contribution in [-0.4, -0.2) is 24.3 Å². The summed E-state index contributed by atoms with van der Waals surface area (Å²) in [4.78, 5) is 0. The maximum Gasteiger partial charge on any atom is 0.0940 e. The van der Waals surface area contributed by atoms with E-state index in [9.17, 15) is 0 Å². The van der Waals surface area contributed by atoms with Gasteiger partial charge < -0.3 is 10.1 Å². The Kier molecular flexibility index (Phi) is 1.66. The highest BCUT2D eigenvalue weighted by Gasteiger charge is 2.69. The standard InChI is InChI=1S/C16H19NO/c1-2-4-13-11(3-1)9-14-16-6-5-12(18-16)10-15(13,16)7-8-17-14/h1-4,12,14,17H,5-10H2. The molecule has 18 heavy (non-hydrogen) atoms. The molecule has 2 heteroatoms. The third kappa shape index (κ3) is 0.896. The molecule has 1 aromatic carbocycles. The fourth-order valence-corrected chi connectivity index (χ4v) is 5.47. The average Bonchev–Trinajstić information content (AvgIpc) is 2.94. The molecule has 1 aromatic rings. The monoisotopic (exact) mass is 241 g/mol. The predicted octanol–water partition coefficient (Wildman–Crippen LogP) is 2.16. The maximum absolute atomic E-state index is 6.52. The number of hydrogen-bond donors (Lipinski definition) is 1. The molecule has 0 amide bonds. The third-order valence-corrected chi connectivity index (χ3v) is 6.06. The summed E-state index contributed by atoms with van der Waals surface area (Å²) in [6.45, 7) is 1.16. The lowest BCUT2D eigenvalue weighted by Gasteiger charge is -2.57. The Bertz CT molecular complexity index is 528. The van der Waals surface area contributed by atoms with Crippen molar-refractivity contribution in [2.75, 3.05) is 6.54 Å². The first-order valence-corrected chi connectivity index (χ1v) is 7.34. The van der Waals surface area contributed by atoms with E-state index >= 15 is 0 Å². The van der Waals surface area contributed by atoms with Gasteiger partial charge in [0.05, 0.1) is 11.7 Å². The molecule has 4 unspecified atom stereocenters. The molecule has 94 valence electrons. The van der Waals surface area contributed by atoms with Crippen molar-refractivity contribution in [3.8, 4) is 0 Å². The topological polar surface area (TPSA) is 21.3 Å². The lowest BCUT2D eigenvalue weighted by Crippen LogP contribution is -2.68. The van der Waals surface area contributed by atoms with E-state index in [1.54, 1.807) is 11.1 Å². The highest BCUT2D eigenvalue weighted by molar-refractivity contribution is 5.46. The SMILES string of the molecule is c1ccc2c(c1)CC1NCCC23CC2CCC13O2. The van der Waals surface area contributed by atoms with Crippen LogP contribution in [0.1, 0.15) is 36.8 Å². The van der Waals surface area contributed by atoms with Gasteiger partial charge in [0.1, 0.15) is 0 Å². The Labute approximate surface area is 108 Å². The van der Waals surface area contributed by atoms with Crippen molar-refractivity contribution in [3.63, 3.8) is 0 Å². The van der Waals surface area contributed by atoms with Crippen LogP contribution in [0.2, 0.25) is 0 Å². The fraction of sp³-hybridized carbons (Fsp3) is 0.625. The van der Waals surface area contributed by atoms with Crippen molar-refractivity contribution >= 4 is 0 Å². The molecule has 4 bridgehead atoms. The van der Waals surface area contributed by atoms with Crippen molar-refractivity contribution in [2.45, 2.75) is 55.3 Å². The van der Waals surface area contributed by atoms with Gasteiger partial charge in [-0.1, -0.05) is 24.3 Å². The van der Waals surface area contributed by atoms with Crippen molar-refractivity contribution in [2.24, 2.45) is 0 Å². The van der Waals surface area contributed by atoms with E-state index < -0.39 is 0 Å². The lowest BCUT2D eigenvalue weighted by atomic mass is 9.52. The molecule has 3 saturated heterocycles. The Hall–Kier alpha value is -0.860. The second kappa shape index (κ2) is 3.00. The van der Waals surface area contributed by atoms with Crippen LogP contribution < -0.4 is 5.32 Å². The van der Waals surface area contributed by atoms with Crippen LogP contribution >= 0.6 is 0 Å². The molecule has 0 radical (unpaired) electrons. The molecule has 4 aliphatic rings. The number of fused-ring (bicyclic) bond motifs is 2. The smallest absolute Gasteiger partial charge is 0.0940 e. The number of benzene rings is 1. The van der Waals surface area contributed by atoms with Crippen molar-refractivity contribution in [3.05, 3.63) is 35.4 Å². The number of piperidine rings is 1. The van der Waals surface area contributed by atoms with E-state index in [-0.39, 0.29) is 5.60 Å². The van der Waals surface area contributed by atoms with Gasteiger partial charge in [0.25, 0.3) is 0 Å². The minimum Gasteiger partial charge on any atom is -0.369 e. The second-order valence-electron chi connectivity index (χ2n) is 6.57. The molecular formula is C16H19NO. The first-order valence-electron chi connectivity index (χ1n) is 7.34. The van der Waals surface area contributed by atoms with Gasteiger partial charge in [-0.2, -0.15) is 0 Å². The average molecular weight is 241 g/mol. The second-order valence-corrected chi connectivity index (χ2v) is 6.57. The highest BCUT2D eigenvalue weighted by atomic mass is 16.5. The highest BCUT2D eigenvalue weighted by Crippen LogP contribution is 2.63. The van der Waals surface area contributed by atoms with E-state index in [0.29, 0.717) is 17.6 Å². The summed E-state index contributed by atoms with van der Waals surface area (Å²) in [7, 11) is 0. The molecule has 1 N–H and O–H groups in total. The largest absolute Gasteiger partial charge is 0.369 e. The summed E-state index contributed by atoms with van der Waals surface area (Å²) in [6, 6.07) is 9.67. The van der Waals surface area contributed by atoms with Gasteiger partial charge in [-0.05, 0) is 49.8 Å². The van der Waals surface area contributed by atoms with Crippen LogP contribution in [0.4, 0.5) is 0 Å². The number of nitrogens with one attached hydrogen (secondary N) is 1. The molecule has 0 aromatic heterocycles. The van der Waals surface area contributed by atoms with E-state index in [2.05, 4.69) is 29.6 Å². The summed E-state index contributed by atoms with van der Waals surface area (Å²) in [6.07, 6.45) is 6.76. The zero-order chi connectivity index (χ0) is 11.8. The maximum atomic E-state index is 6.52. The first-order chi connectivity index (χ1) is 8.84. The van der Waals surface area contributed by atoms with Crippen molar-refractivity contribution < 1.29 is 4.74 Å². The van der Waals surface area contributed by atoms with E-state index in [1.807, 2.05) is 0 Å². The molecule has 0 saturated carbocycles. The normalized spacial score (nSPS) is 47.8. The fourth-order valence-electron chi connectivity index (χ4n) is 5.47. The Morgan fingerprint density at radius 2 is 2.17 bits per heavy atom. The summed E-state index contributed by atoms with van der Waals surface area (Å²) in [5, 5.41) is 3.75. The number of hydrogen-bond acceptors (Lipinski definition) is 2. The zero-order valence-electron chi connectivity index (χ0n) is 10.6. The van der Waals surface area contributed by atoms with Crippen LogP contribution in [0, 0.1) is 0 Å². The van der Waals surface area contributed by atoms with Crippen LogP contribution in [-0.2, 0) is 16.6 Å². The molecule has 3 heterocycles. The molecule has 5 rings (SSSR count). The first kappa shape index (κ1) is 9.99. The van der Waals surface area contributed by atoms with Gasteiger partial charge in [-0.3, -0.25) is 0 Å². The molecule has 1 aliphatic carbocycles. The molecule has 4 atom stereocenters. The summed E-state index contributed by atoms with van der Waals surface area (Å²) in [5.41, 5.74) is 3.65. The van der Waals surface area contributed by atoms with Gasteiger partial charge in [0.15, 0.2) is 0 Å². The summed E-state index contributed by atoms with van der Waals surface area (Å²) in [5.74, 6) is 0. The van der Waals surface area contributed by atoms with Gasteiger partial charge in [0, 0.05) is 11.5 Å². The quantitative estimate of drug-likeness (QED) is 0.751. The van der Waals surface area contributed by atoms with E-state index in [1.165, 1.54) is 25.7 Å². The Balaban J connectivity index is 1.81. The van der Waals surface area contributed by atoms with E-state index in [4.69, 9.17) is 4.74 Å².